The molecule has 0 radical (unpaired) electrons. The van der Waals surface area contributed by atoms with Gasteiger partial charge in [-0.15, -0.1) is 21.5 Å². The van der Waals surface area contributed by atoms with E-state index < -0.39 is 23.9 Å². The first-order valence-electron chi connectivity index (χ1n) is 13.7. The summed E-state index contributed by atoms with van der Waals surface area (Å²) >= 11 is 2.87. The minimum absolute atomic E-state index is 0.265. The highest BCUT2D eigenvalue weighted by molar-refractivity contribution is 7.98. The fourth-order valence-corrected chi connectivity index (χ4v) is 7.09. The molecule has 5 rings (SSSR count). The van der Waals surface area contributed by atoms with Gasteiger partial charge in [0, 0.05) is 10.6 Å². The van der Waals surface area contributed by atoms with Crippen molar-refractivity contribution in [3.63, 3.8) is 0 Å². The lowest BCUT2D eigenvalue weighted by Gasteiger charge is -2.22. The second-order valence-electron chi connectivity index (χ2n) is 9.96. The van der Waals surface area contributed by atoms with Crippen LogP contribution in [0.25, 0.3) is 5.69 Å². The maximum Gasteiger partial charge on any atom is 0.341 e. The third-order valence-corrected chi connectivity index (χ3v) is 9.21. The molecule has 1 amide bonds. The Kier molecular flexibility index (Phi) is 9.08. The highest BCUT2D eigenvalue weighted by Crippen LogP contribution is 2.43. The van der Waals surface area contributed by atoms with Crippen LogP contribution in [-0.2, 0) is 27.1 Å². The summed E-state index contributed by atoms with van der Waals surface area (Å²) in [6.45, 7) is 3.63. The molecule has 9 nitrogen and oxygen atoms in total. The standard InChI is InChI=1S/C31H32N4O5S2/c1-5-24(40-29(37)20-11-14-22(15-12-20)35-18(2)33-34-31(35)41-4)27(36)32-28-26(30(38)39-3)23-16-13-21(17-25(23)42-28)19-9-7-6-8-10-19/h6-12,14-15,21,24H,5,13,16-17H2,1-4H3,(H,32,36). The van der Waals surface area contributed by atoms with E-state index in [1.807, 2.05) is 35.9 Å². The number of anilines is 1. The average Bonchev–Trinajstić information content (AvgIpc) is 3.58. The SMILES string of the molecule is CCC(OC(=O)c1ccc(-n2c(C)nnc2SC)cc1)C(=O)Nc1sc2c(c1C(=O)OC)CCC(c1ccccc1)C2. The molecule has 2 aromatic heterocycles. The van der Waals surface area contributed by atoms with Crippen LogP contribution >= 0.6 is 23.1 Å². The van der Waals surface area contributed by atoms with Gasteiger partial charge in [0.15, 0.2) is 11.3 Å². The molecule has 11 heteroatoms. The van der Waals surface area contributed by atoms with Gasteiger partial charge in [0.2, 0.25) is 0 Å². The number of rotatable bonds is 9. The number of ether oxygens (including phenoxy) is 2. The number of carbonyl (C=O) groups is 3. The lowest BCUT2D eigenvalue weighted by atomic mass is 9.83. The number of nitrogens with zero attached hydrogens (tertiary/aromatic N) is 3. The minimum atomic E-state index is -1.04. The number of thiophene rings is 1. The summed E-state index contributed by atoms with van der Waals surface area (Å²) in [5.41, 5.74) is 3.70. The smallest absolute Gasteiger partial charge is 0.341 e. The van der Waals surface area contributed by atoms with Gasteiger partial charge in [-0.05, 0) is 80.2 Å². The van der Waals surface area contributed by atoms with Crippen LogP contribution in [0.5, 0.6) is 0 Å². The molecule has 1 aliphatic rings. The summed E-state index contributed by atoms with van der Waals surface area (Å²) in [6, 6.07) is 17.2. The predicted octanol–water partition coefficient (Wildman–Crippen LogP) is 5.99. The van der Waals surface area contributed by atoms with Crippen LogP contribution in [0.2, 0.25) is 0 Å². The fraction of sp³-hybridized carbons (Fsp3) is 0.323. The first-order valence-corrected chi connectivity index (χ1v) is 15.7. The molecule has 2 aromatic carbocycles. The average molecular weight is 605 g/mol. The molecule has 2 unspecified atom stereocenters. The molecule has 2 atom stereocenters. The van der Waals surface area contributed by atoms with Crippen LogP contribution in [-0.4, -0.2) is 52.1 Å². The maximum atomic E-state index is 13.3. The molecule has 0 spiro atoms. The van der Waals surface area contributed by atoms with Gasteiger partial charge in [-0.3, -0.25) is 9.36 Å². The largest absolute Gasteiger partial charge is 0.465 e. The van der Waals surface area contributed by atoms with E-state index in [9.17, 15) is 14.4 Å². The van der Waals surface area contributed by atoms with E-state index in [1.165, 1.54) is 35.8 Å². The second-order valence-corrected chi connectivity index (χ2v) is 11.8. The summed E-state index contributed by atoms with van der Waals surface area (Å²) in [7, 11) is 1.34. The Morgan fingerprint density at radius 2 is 1.83 bits per heavy atom. The van der Waals surface area contributed by atoms with Crippen molar-refractivity contribution in [2.45, 2.75) is 56.7 Å². The number of carbonyl (C=O) groups excluding carboxylic acids is 3. The Bertz CT molecular complexity index is 1600. The Hall–Kier alpha value is -3.96. The maximum absolute atomic E-state index is 13.3. The van der Waals surface area contributed by atoms with Crippen molar-refractivity contribution in [2.24, 2.45) is 0 Å². The van der Waals surface area contributed by atoms with E-state index in [0.29, 0.717) is 28.5 Å². The summed E-state index contributed by atoms with van der Waals surface area (Å²) in [6.07, 6.45) is 3.53. The topological polar surface area (TPSA) is 112 Å². The second kappa shape index (κ2) is 12.9. The molecule has 218 valence electrons. The van der Waals surface area contributed by atoms with Gasteiger partial charge in [0.1, 0.15) is 10.8 Å². The molecular weight excluding hydrogens is 572 g/mol. The summed E-state index contributed by atoms with van der Waals surface area (Å²) in [5, 5.41) is 12.3. The van der Waals surface area contributed by atoms with Gasteiger partial charge >= 0.3 is 11.9 Å². The van der Waals surface area contributed by atoms with Crippen LogP contribution in [0.3, 0.4) is 0 Å². The van der Waals surface area contributed by atoms with Crippen LogP contribution < -0.4 is 5.32 Å². The van der Waals surface area contributed by atoms with Gasteiger partial charge in [-0.25, -0.2) is 9.59 Å². The van der Waals surface area contributed by atoms with Gasteiger partial charge in [-0.2, -0.15) is 0 Å². The number of aryl methyl sites for hydroxylation is 1. The van der Waals surface area contributed by atoms with E-state index in [0.717, 1.165) is 40.0 Å². The van der Waals surface area contributed by atoms with Gasteiger partial charge in [0.05, 0.1) is 18.2 Å². The van der Waals surface area contributed by atoms with E-state index >= 15 is 0 Å². The lowest BCUT2D eigenvalue weighted by molar-refractivity contribution is -0.124. The van der Waals surface area contributed by atoms with Crippen molar-refractivity contribution in [1.29, 1.82) is 0 Å². The van der Waals surface area contributed by atoms with E-state index in [-0.39, 0.29) is 6.42 Å². The molecule has 2 heterocycles. The Balaban J connectivity index is 1.31. The number of methoxy groups -OCH3 is 1. The van der Waals surface area contributed by atoms with Crippen molar-refractivity contribution in [2.75, 3.05) is 18.7 Å². The molecule has 0 aliphatic heterocycles. The van der Waals surface area contributed by atoms with Gasteiger partial charge < -0.3 is 14.8 Å². The number of esters is 2. The van der Waals surface area contributed by atoms with Crippen LogP contribution in [0.1, 0.15) is 68.2 Å². The molecule has 1 N–H and O–H groups in total. The Labute approximate surface area is 252 Å². The van der Waals surface area contributed by atoms with Gasteiger partial charge in [0.25, 0.3) is 5.91 Å². The van der Waals surface area contributed by atoms with Crippen molar-refractivity contribution < 1.29 is 23.9 Å². The first kappa shape index (κ1) is 29.5. The number of hydrogen-bond acceptors (Lipinski definition) is 9. The molecule has 0 fully saturated rings. The zero-order valence-corrected chi connectivity index (χ0v) is 25.5. The number of hydrogen-bond donors (Lipinski definition) is 1. The lowest BCUT2D eigenvalue weighted by Crippen LogP contribution is -2.32. The number of nitrogens with one attached hydrogen (secondary N) is 1. The monoisotopic (exact) mass is 604 g/mol. The summed E-state index contributed by atoms with van der Waals surface area (Å²) in [4.78, 5) is 40.2. The van der Waals surface area contributed by atoms with E-state index in [1.54, 1.807) is 31.2 Å². The number of amides is 1. The fourth-order valence-electron chi connectivity index (χ4n) is 5.23. The van der Waals surface area contributed by atoms with Crippen LogP contribution in [0.15, 0.2) is 59.8 Å². The van der Waals surface area contributed by atoms with Crippen LogP contribution in [0, 0.1) is 6.92 Å². The molecule has 4 aromatic rings. The third kappa shape index (κ3) is 5.98. The molecule has 0 saturated carbocycles. The van der Waals surface area contributed by atoms with E-state index in [4.69, 9.17) is 9.47 Å². The number of thioether (sulfide) groups is 1. The summed E-state index contributed by atoms with van der Waals surface area (Å²) < 4.78 is 12.6. The Morgan fingerprint density at radius 3 is 2.50 bits per heavy atom. The normalized spacial score (nSPS) is 15.0. The Morgan fingerprint density at radius 1 is 1.10 bits per heavy atom. The van der Waals surface area contributed by atoms with Crippen molar-refractivity contribution in [3.05, 3.63) is 87.6 Å². The van der Waals surface area contributed by atoms with Crippen molar-refractivity contribution in [3.8, 4) is 5.69 Å². The van der Waals surface area contributed by atoms with Gasteiger partial charge in [-0.1, -0.05) is 49.0 Å². The number of aromatic nitrogens is 3. The highest BCUT2D eigenvalue weighted by Gasteiger charge is 2.32. The first-order chi connectivity index (χ1) is 20.3. The molecule has 0 bridgehead atoms. The quantitative estimate of drug-likeness (QED) is 0.183. The zero-order chi connectivity index (χ0) is 29.8. The van der Waals surface area contributed by atoms with Crippen LogP contribution in [0.4, 0.5) is 5.00 Å². The van der Waals surface area contributed by atoms with Crippen molar-refractivity contribution >= 4 is 45.9 Å². The molecule has 42 heavy (non-hydrogen) atoms. The number of fused-ring (bicyclic) bond motifs is 1. The zero-order valence-electron chi connectivity index (χ0n) is 23.9. The number of benzene rings is 2. The molecular formula is C31H32N4O5S2. The third-order valence-electron chi connectivity index (χ3n) is 7.41. The molecule has 0 saturated heterocycles. The van der Waals surface area contributed by atoms with Crippen molar-refractivity contribution in [1.82, 2.24) is 14.8 Å². The predicted molar refractivity (Wildman–Crippen MR) is 163 cm³/mol. The highest BCUT2D eigenvalue weighted by atomic mass is 32.2. The summed E-state index contributed by atoms with van der Waals surface area (Å²) in [5.74, 6) is -0.522. The minimum Gasteiger partial charge on any atom is -0.465 e. The molecule has 1 aliphatic carbocycles. The van der Waals surface area contributed by atoms with E-state index in [2.05, 4.69) is 27.6 Å².